The normalized spacial score (nSPS) is 11.0. The Hall–Kier alpha value is -2.92. The van der Waals surface area contributed by atoms with E-state index in [-0.39, 0.29) is 12.5 Å². The zero-order chi connectivity index (χ0) is 20.6. The summed E-state index contributed by atoms with van der Waals surface area (Å²) in [5.74, 6) is 0.770. The molecule has 29 heavy (non-hydrogen) atoms. The van der Waals surface area contributed by atoms with Crippen molar-refractivity contribution in [3.8, 4) is 16.9 Å². The summed E-state index contributed by atoms with van der Waals surface area (Å²) in [6, 6.07) is 23.9. The Morgan fingerprint density at radius 3 is 2.41 bits per heavy atom. The van der Waals surface area contributed by atoms with Crippen molar-refractivity contribution in [1.29, 1.82) is 0 Å². The average Bonchev–Trinajstić information content (AvgIpc) is 2.74. The molecule has 148 valence electrons. The molecule has 1 N–H and O–H groups in total. The lowest BCUT2D eigenvalue weighted by atomic mass is 10.0. The van der Waals surface area contributed by atoms with E-state index in [9.17, 15) is 4.79 Å². The van der Waals surface area contributed by atoms with Gasteiger partial charge in [0.1, 0.15) is 5.75 Å². The molecule has 3 rings (SSSR count). The fourth-order valence-corrected chi connectivity index (χ4v) is 3.24. The van der Waals surface area contributed by atoms with E-state index in [0.29, 0.717) is 11.7 Å². The van der Waals surface area contributed by atoms with Gasteiger partial charge in [0.05, 0.1) is 10.7 Å². The van der Waals surface area contributed by atoms with Crippen molar-refractivity contribution in [1.82, 2.24) is 5.43 Å². The lowest BCUT2D eigenvalue weighted by Crippen LogP contribution is -2.24. The second kappa shape index (κ2) is 10.0. The Morgan fingerprint density at radius 2 is 1.76 bits per heavy atom. The molecule has 0 radical (unpaired) electrons. The quantitative estimate of drug-likeness (QED) is 0.366. The fraction of sp³-hybridized carbons (Fsp3) is 0.167. The van der Waals surface area contributed by atoms with Crippen molar-refractivity contribution in [3.05, 3.63) is 88.4 Å². The molecule has 5 heteroatoms. The number of benzene rings is 3. The zero-order valence-corrected chi connectivity index (χ0v) is 18.0. The van der Waals surface area contributed by atoms with Crippen LogP contribution in [0.1, 0.15) is 30.9 Å². The van der Waals surface area contributed by atoms with Gasteiger partial charge >= 0.3 is 0 Å². The van der Waals surface area contributed by atoms with Gasteiger partial charge in [-0.1, -0.05) is 74.5 Å². The molecule has 4 nitrogen and oxygen atoms in total. The van der Waals surface area contributed by atoms with Gasteiger partial charge in [0, 0.05) is 0 Å². The van der Waals surface area contributed by atoms with Crippen LogP contribution in [0.4, 0.5) is 0 Å². The van der Waals surface area contributed by atoms with Crippen LogP contribution in [0.25, 0.3) is 11.1 Å². The molecule has 0 aliphatic rings. The number of carbonyl (C=O) groups excluding carboxylic acids is 1. The van der Waals surface area contributed by atoms with Crippen LogP contribution >= 0.6 is 15.9 Å². The molecule has 0 aromatic heterocycles. The number of carbonyl (C=O) groups is 1. The van der Waals surface area contributed by atoms with Gasteiger partial charge in [-0.15, -0.1) is 0 Å². The maximum Gasteiger partial charge on any atom is 0.277 e. The average molecular weight is 451 g/mol. The first-order valence-electron chi connectivity index (χ1n) is 9.42. The molecule has 0 saturated carbocycles. The largest absolute Gasteiger partial charge is 0.483 e. The monoisotopic (exact) mass is 450 g/mol. The van der Waals surface area contributed by atoms with Crippen LogP contribution in [-0.2, 0) is 4.79 Å². The predicted molar refractivity (Wildman–Crippen MR) is 121 cm³/mol. The standard InChI is InChI=1S/C24H23BrN2O2/c1-17(2)19-10-8-18(9-11-19)15-26-27-24(28)16-29-23-13-12-21(14-22(23)25)20-6-4-3-5-7-20/h3-15,17H,16H2,1-2H3,(H,27,28)/b26-15+. The van der Waals surface area contributed by atoms with Gasteiger partial charge in [-0.2, -0.15) is 5.10 Å². The summed E-state index contributed by atoms with van der Waals surface area (Å²) in [4.78, 5) is 12.0. The van der Waals surface area contributed by atoms with Gasteiger partial charge < -0.3 is 4.74 Å². The van der Waals surface area contributed by atoms with Crippen LogP contribution in [0.5, 0.6) is 5.75 Å². The second-order valence-electron chi connectivity index (χ2n) is 6.91. The molecule has 3 aromatic rings. The predicted octanol–water partition coefficient (Wildman–Crippen LogP) is 5.77. The second-order valence-corrected chi connectivity index (χ2v) is 7.77. The minimum absolute atomic E-state index is 0.118. The Morgan fingerprint density at radius 1 is 1.03 bits per heavy atom. The molecule has 0 spiro atoms. The van der Waals surface area contributed by atoms with Crippen LogP contribution < -0.4 is 10.2 Å². The Bertz CT molecular complexity index is 984. The highest BCUT2D eigenvalue weighted by Gasteiger charge is 2.07. The molecule has 1 amide bonds. The smallest absolute Gasteiger partial charge is 0.277 e. The lowest BCUT2D eigenvalue weighted by Gasteiger charge is -2.09. The lowest BCUT2D eigenvalue weighted by molar-refractivity contribution is -0.123. The van der Waals surface area contributed by atoms with E-state index in [0.717, 1.165) is 21.2 Å². The third kappa shape index (κ3) is 6.03. The molecule has 0 saturated heterocycles. The molecule has 0 bridgehead atoms. The third-order valence-corrected chi connectivity index (χ3v) is 5.02. The first-order valence-corrected chi connectivity index (χ1v) is 10.2. The van der Waals surface area contributed by atoms with E-state index in [1.165, 1.54) is 5.56 Å². The fourth-order valence-electron chi connectivity index (χ4n) is 2.75. The molecule has 3 aromatic carbocycles. The van der Waals surface area contributed by atoms with Crippen molar-refractivity contribution in [2.75, 3.05) is 6.61 Å². The van der Waals surface area contributed by atoms with Crippen molar-refractivity contribution < 1.29 is 9.53 Å². The van der Waals surface area contributed by atoms with Crippen LogP contribution in [0.3, 0.4) is 0 Å². The maximum atomic E-state index is 12.0. The summed E-state index contributed by atoms with van der Waals surface area (Å²) < 4.78 is 6.39. The number of hydrogen-bond donors (Lipinski definition) is 1. The number of amides is 1. The molecule has 0 unspecified atom stereocenters. The van der Waals surface area contributed by atoms with Crippen LogP contribution in [-0.4, -0.2) is 18.7 Å². The molecular formula is C24H23BrN2O2. The Labute approximate surface area is 179 Å². The number of hydrazone groups is 1. The highest BCUT2D eigenvalue weighted by molar-refractivity contribution is 9.10. The number of rotatable bonds is 7. The molecule has 0 aliphatic carbocycles. The minimum Gasteiger partial charge on any atom is -0.483 e. The van der Waals surface area contributed by atoms with Gasteiger partial charge in [0.15, 0.2) is 6.61 Å². The number of nitrogens with one attached hydrogen (secondary N) is 1. The van der Waals surface area contributed by atoms with Gasteiger partial charge in [-0.3, -0.25) is 4.79 Å². The highest BCUT2D eigenvalue weighted by atomic mass is 79.9. The first-order chi connectivity index (χ1) is 14.0. The van der Waals surface area contributed by atoms with E-state index in [1.54, 1.807) is 6.21 Å². The minimum atomic E-state index is -0.320. The van der Waals surface area contributed by atoms with Crippen molar-refractivity contribution in [2.24, 2.45) is 5.10 Å². The van der Waals surface area contributed by atoms with Gasteiger partial charge in [0.25, 0.3) is 5.91 Å². The number of hydrogen-bond acceptors (Lipinski definition) is 3. The summed E-state index contributed by atoms with van der Waals surface area (Å²) in [5, 5.41) is 3.99. The van der Waals surface area contributed by atoms with E-state index >= 15 is 0 Å². The Kier molecular flexibility index (Phi) is 7.19. The van der Waals surface area contributed by atoms with Crippen LogP contribution in [0.2, 0.25) is 0 Å². The van der Waals surface area contributed by atoms with Gasteiger partial charge in [-0.25, -0.2) is 5.43 Å². The van der Waals surface area contributed by atoms with E-state index in [2.05, 4.69) is 52.4 Å². The van der Waals surface area contributed by atoms with Crippen LogP contribution in [0, 0.1) is 0 Å². The Balaban J connectivity index is 1.51. The van der Waals surface area contributed by atoms with E-state index in [4.69, 9.17) is 4.74 Å². The third-order valence-electron chi connectivity index (χ3n) is 4.40. The summed E-state index contributed by atoms with van der Waals surface area (Å²) in [7, 11) is 0. The molecule has 0 heterocycles. The topological polar surface area (TPSA) is 50.7 Å². The van der Waals surface area contributed by atoms with Gasteiger partial charge in [-0.05, 0) is 56.2 Å². The van der Waals surface area contributed by atoms with Crippen LogP contribution in [0.15, 0.2) is 82.4 Å². The number of nitrogens with zero attached hydrogens (tertiary/aromatic N) is 1. The number of halogens is 1. The summed E-state index contributed by atoms with van der Waals surface area (Å²) >= 11 is 3.51. The summed E-state index contributed by atoms with van der Waals surface area (Å²) in [6.45, 7) is 4.18. The zero-order valence-electron chi connectivity index (χ0n) is 16.4. The molecule has 0 aliphatic heterocycles. The molecule has 0 atom stereocenters. The van der Waals surface area contributed by atoms with Crippen molar-refractivity contribution >= 4 is 28.1 Å². The van der Waals surface area contributed by atoms with E-state index in [1.807, 2.05) is 60.7 Å². The SMILES string of the molecule is CC(C)c1ccc(/C=N/NC(=O)COc2ccc(-c3ccccc3)cc2Br)cc1. The van der Waals surface area contributed by atoms with Gasteiger partial charge in [0.2, 0.25) is 0 Å². The summed E-state index contributed by atoms with van der Waals surface area (Å²) in [5.41, 5.74) is 6.87. The first kappa shape index (κ1) is 20.8. The van der Waals surface area contributed by atoms with E-state index < -0.39 is 0 Å². The maximum absolute atomic E-state index is 12.0. The summed E-state index contributed by atoms with van der Waals surface area (Å²) in [6.07, 6.45) is 1.62. The molecular weight excluding hydrogens is 428 g/mol. The van der Waals surface area contributed by atoms with Crippen molar-refractivity contribution in [2.45, 2.75) is 19.8 Å². The van der Waals surface area contributed by atoms with Crippen molar-refractivity contribution in [3.63, 3.8) is 0 Å². The number of ether oxygens (including phenoxy) is 1. The molecule has 0 fully saturated rings. The highest BCUT2D eigenvalue weighted by Crippen LogP contribution is 2.30.